The minimum atomic E-state index is -6.72. The first-order chi connectivity index (χ1) is 12.7. The maximum atomic E-state index is 13.4. The summed E-state index contributed by atoms with van der Waals surface area (Å²) in [6.07, 6.45) is 0. The number of imide groups is 1. The van der Waals surface area contributed by atoms with Crippen LogP contribution in [0.3, 0.4) is 0 Å². The molecule has 0 N–H and O–H groups in total. The Morgan fingerprint density at radius 1 is 0.964 bits per heavy atom. The van der Waals surface area contributed by atoms with Gasteiger partial charge in [-0.25, -0.2) is 9.69 Å². The van der Waals surface area contributed by atoms with Crippen LogP contribution >= 0.6 is 0 Å². The molecule has 1 aromatic carbocycles. The van der Waals surface area contributed by atoms with E-state index in [-0.39, 0.29) is 5.69 Å². The lowest BCUT2D eigenvalue weighted by molar-refractivity contribution is -0.366. The normalized spacial score (nSPS) is 12.2. The Hall–Kier alpha value is -3.12. The summed E-state index contributed by atoms with van der Waals surface area (Å²) in [5.74, 6) is -29.1. The van der Waals surface area contributed by atoms with Gasteiger partial charge in [-0.15, -0.1) is 0 Å². The Balaban J connectivity index is 2.99. The number of esters is 1. The van der Waals surface area contributed by atoms with Crippen molar-refractivity contribution in [1.82, 2.24) is 0 Å². The maximum Gasteiger partial charge on any atom is 0.411 e. The smallest absolute Gasteiger partial charge is 0.411 e. The number of hydrogen-bond donors (Lipinski definition) is 0. The molecule has 0 atom stereocenters. The SMILES string of the molecule is CC(=O)N(C(=O)COC(=O)C(F)(F)C(F)(F)C(F)(F)C(=O)[O-])c1ccccc1. The summed E-state index contributed by atoms with van der Waals surface area (Å²) in [4.78, 5) is 44.9. The Morgan fingerprint density at radius 3 is 1.89 bits per heavy atom. The number of anilines is 1. The number of benzene rings is 1. The van der Waals surface area contributed by atoms with Gasteiger partial charge in [0.2, 0.25) is 5.91 Å². The summed E-state index contributed by atoms with van der Waals surface area (Å²) in [6.45, 7) is -0.828. The second-order valence-electron chi connectivity index (χ2n) is 5.17. The van der Waals surface area contributed by atoms with Gasteiger partial charge in [-0.2, -0.15) is 26.3 Å². The number of rotatable bonds is 7. The van der Waals surface area contributed by atoms with Crippen LogP contribution in [0.2, 0.25) is 0 Å². The lowest BCUT2D eigenvalue weighted by Crippen LogP contribution is -2.64. The van der Waals surface area contributed by atoms with Crippen LogP contribution in [0.15, 0.2) is 30.3 Å². The number of carboxylic acid groups (broad SMARTS) is 1. The number of carbonyl (C=O) groups is 4. The van der Waals surface area contributed by atoms with Crippen molar-refractivity contribution < 1.29 is 55.4 Å². The molecule has 0 unspecified atom stereocenters. The Bertz CT molecular complexity index is 782. The molecule has 0 heterocycles. The number of halogens is 6. The summed E-state index contributed by atoms with van der Waals surface area (Å²) < 4.78 is 82.4. The van der Waals surface area contributed by atoms with Crippen molar-refractivity contribution in [3.05, 3.63) is 30.3 Å². The number of aliphatic carboxylic acids is 1. The van der Waals surface area contributed by atoms with Crippen LogP contribution in [-0.4, -0.2) is 48.1 Å². The van der Waals surface area contributed by atoms with Crippen LogP contribution < -0.4 is 10.0 Å². The number of hydrogen-bond acceptors (Lipinski definition) is 6. The van der Waals surface area contributed by atoms with E-state index in [0.29, 0.717) is 4.90 Å². The molecule has 0 saturated heterocycles. The van der Waals surface area contributed by atoms with Gasteiger partial charge in [0.1, 0.15) is 5.97 Å². The Kier molecular flexibility index (Phi) is 6.43. The second kappa shape index (κ2) is 7.86. The van der Waals surface area contributed by atoms with E-state index in [4.69, 9.17) is 0 Å². The summed E-state index contributed by atoms with van der Waals surface area (Å²) in [5.41, 5.74) is -0.0865. The van der Waals surface area contributed by atoms with Gasteiger partial charge in [-0.3, -0.25) is 9.59 Å². The van der Waals surface area contributed by atoms with Gasteiger partial charge in [0.05, 0.1) is 5.69 Å². The van der Waals surface area contributed by atoms with E-state index in [2.05, 4.69) is 4.74 Å². The van der Waals surface area contributed by atoms with Gasteiger partial charge in [-0.05, 0) is 12.1 Å². The number of amides is 2. The average molecular weight is 414 g/mol. The number of ether oxygens (including phenoxy) is 1. The zero-order valence-electron chi connectivity index (χ0n) is 13.8. The standard InChI is InChI=1S/C15H11F6NO6/c1-8(23)22(9-5-3-2-4-6-9)10(24)7-28-12(27)14(18,19)15(20,21)13(16,17)11(25)26/h2-6H,7H2,1H3,(H,25,26)/p-1. The molecule has 7 nitrogen and oxygen atoms in total. The molecule has 0 aliphatic carbocycles. The lowest BCUT2D eigenvalue weighted by atomic mass is 10.0. The highest BCUT2D eigenvalue weighted by molar-refractivity contribution is 6.14. The van der Waals surface area contributed by atoms with Crippen molar-refractivity contribution in [2.24, 2.45) is 0 Å². The number of carbonyl (C=O) groups excluding carboxylic acids is 4. The van der Waals surface area contributed by atoms with Crippen molar-refractivity contribution in [2.75, 3.05) is 11.5 Å². The van der Waals surface area contributed by atoms with E-state index in [1.807, 2.05) is 0 Å². The van der Waals surface area contributed by atoms with Crippen LogP contribution in [0.5, 0.6) is 0 Å². The predicted octanol–water partition coefficient (Wildman–Crippen LogP) is 0.765. The largest absolute Gasteiger partial charge is 0.544 e. The first kappa shape index (κ1) is 22.9. The van der Waals surface area contributed by atoms with Crippen LogP contribution in [0, 0.1) is 0 Å². The first-order valence-corrected chi connectivity index (χ1v) is 7.08. The highest BCUT2D eigenvalue weighted by Crippen LogP contribution is 2.46. The fourth-order valence-corrected chi connectivity index (χ4v) is 1.81. The van der Waals surface area contributed by atoms with Crippen molar-refractivity contribution in [2.45, 2.75) is 24.7 Å². The maximum absolute atomic E-state index is 13.4. The highest BCUT2D eigenvalue weighted by Gasteiger charge is 2.76. The molecule has 1 rings (SSSR count). The molecule has 0 radical (unpaired) electrons. The lowest BCUT2D eigenvalue weighted by Gasteiger charge is -2.31. The molecule has 1 aromatic rings. The third-order valence-electron chi connectivity index (χ3n) is 3.21. The Labute approximate surface area is 152 Å². The monoisotopic (exact) mass is 414 g/mol. The zero-order chi connectivity index (χ0) is 21.9. The summed E-state index contributed by atoms with van der Waals surface area (Å²) >= 11 is 0. The van der Waals surface area contributed by atoms with E-state index in [9.17, 15) is 50.6 Å². The Morgan fingerprint density at radius 2 is 1.46 bits per heavy atom. The molecule has 28 heavy (non-hydrogen) atoms. The molecular formula is C15H10F6NO6-. The molecule has 0 aliphatic rings. The minimum absolute atomic E-state index is 0.0865. The number of alkyl halides is 6. The first-order valence-electron chi connectivity index (χ1n) is 7.08. The summed E-state index contributed by atoms with van der Waals surface area (Å²) in [5, 5.41) is 10.00. The van der Waals surface area contributed by atoms with Gasteiger partial charge in [-0.1, -0.05) is 18.2 Å². The van der Waals surface area contributed by atoms with Crippen LogP contribution in [0.1, 0.15) is 6.92 Å². The van der Waals surface area contributed by atoms with Crippen molar-refractivity contribution >= 4 is 29.4 Å². The van der Waals surface area contributed by atoms with E-state index in [1.165, 1.54) is 30.3 Å². The van der Waals surface area contributed by atoms with Gasteiger partial charge in [0.25, 0.3) is 5.91 Å². The molecule has 0 aliphatic heterocycles. The minimum Gasteiger partial charge on any atom is -0.544 e. The van der Waals surface area contributed by atoms with Crippen molar-refractivity contribution in [3.8, 4) is 0 Å². The molecule has 0 fully saturated rings. The molecule has 2 amide bonds. The van der Waals surface area contributed by atoms with Crippen molar-refractivity contribution in [1.29, 1.82) is 0 Å². The third-order valence-corrected chi connectivity index (χ3v) is 3.21. The molecule has 154 valence electrons. The second-order valence-corrected chi connectivity index (χ2v) is 5.17. The van der Waals surface area contributed by atoms with E-state index >= 15 is 0 Å². The number of nitrogens with zero attached hydrogens (tertiary/aromatic N) is 1. The van der Waals surface area contributed by atoms with Gasteiger partial charge < -0.3 is 14.6 Å². The molecule has 0 bridgehead atoms. The van der Waals surface area contributed by atoms with E-state index < -0.39 is 48.1 Å². The molecule has 0 spiro atoms. The zero-order valence-corrected chi connectivity index (χ0v) is 13.8. The van der Waals surface area contributed by atoms with Gasteiger partial charge >= 0.3 is 23.7 Å². The van der Waals surface area contributed by atoms with E-state index in [1.54, 1.807) is 0 Å². The van der Waals surface area contributed by atoms with Crippen LogP contribution in [-0.2, 0) is 23.9 Å². The average Bonchev–Trinajstić information content (AvgIpc) is 2.59. The van der Waals surface area contributed by atoms with Crippen LogP contribution in [0.25, 0.3) is 0 Å². The topological polar surface area (TPSA) is 104 Å². The molecule has 0 saturated carbocycles. The fourth-order valence-electron chi connectivity index (χ4n) is 1.81. The molecule has 13 heteroatoms. The number of carboxylic acids is 1. The van der Waals surface area contributed by atoms with Gasteiger partial charge in [0, 0.05) is 6.92 Å². The van der Waals surface area contributed by atoms with Gasteiger partial charge in [0.15, 0.2) is 6.61 Å². The predicted molar refractivity (Wildman–Crippen MR) is 75.4 cm³/mol. The molecular weight excluding hydrogens is 404 g/mol. The summed E-state index contributed by atoms with van der Waals surface area (Å²) in [6, 6.07) is 6.70. The van der Waals surface area contributed by atoms with Crippen molar-refractivity contribution in [3.63, 3.8) is 0 Å². The highest BCUT2D eigenvalue weighted by atomic mass is 19.3. The number of para-hydroxylation sites is 1. The summed E-state index contributed by atoms with van der Waals surface area (Å²) in [7, 11) is 0. The quantitative estimate of drug-likeness (QED) is 0.482. The third kappa shape index (κ3) is 4.07. The molecule has 0 aromatic heterocycles. The fraction of sp³-hybridized carbons (Fsp3) is 0.333. The van der Waals surface area contributed by atoms with E-state index in [0.717, 1.165) is 6.92 Å². The van der Waals surface area contributed by atoms with Crippen LogP contribution in [0.4, 0.5) is 32.0 Å².